The molecule has 212 valence electrons. The van der Waals surface area contributed by atoms with Gasteiger partial charge in [-0.15, -0.1) is 0 Å². The van der Waals surface area contributed by atoms with Crippen molar-refractivity contribution in [2.45, 2.75) is 76.3 Å². The van der Waals surface area contributed by atoms with Crippen molar-refractivity contribution in [2.75, 3.05) is 26.2 Å². The van der Waals surface area contributed by atoms with E-state index in [1.165, 1.54) is 11.0 Å². The van der Waals surface area contributed by atoms with E-state index in [9.17, 15) is 33.7 Å². The van der Waals surface area contributed by atoms with Crippen LogP contribution in [0.5, 0.6) is 0 Å². The van der Waals surface area contributed by atoms with E-state index in [-0.39, 0.29) is 31.5 Å². The number of rotatable bonds is 9. The van der Waals surface area contributed by atoms with Crippen molar-refractivity contribution in [3.05, 3.63) is 47.0 Å². The average molecular weight is 546 g/mol. The molecule has 0 saturated carbocycles. The zero-order valence-electron chi connectivity index (χ0n) is 22.7. The van der Waals surface area contributed by atoms with Crippen molar-refractivity contribution in [3.8, 4) is 6.07 Å². The maximum Gasteiger partial charge on any atom is 0.453 e. The van der Waals surface area contributed by atoms with Crippen LogP contribution in [-0.4, -0.2) is 82.7 Å². The van der Waals surface area contributed by atoms with E-state index >= 15 is 0 Å². The van der Waals surface area contributed by atoms with E-state index in [1.807, 2.05) is 25.1 Å². The van der Waals surface area contributed by atoms with Crippen molar-refractivity contribution in [3.63, 3.8) is 0 Å². The van der Waals surface area contributed by atoms with Gasteiger partial charge in [0, 0.05) is 31.4 Å². The third-order valence-corrected chi connectivity index (χ3v) is 7.35. The molecule has 3 rings (SSSR count). The van der Waals surface area contributed by atoms with Gasteiger partial charge < -0.3 is 25.0 Å². The number of nitriles is 1. The summed E-state index contributed by atoms with van der Waals surface area (Å²) in [4.78, 5) is 29.1. The number of carbonyl (C=O) groups excluding carboxylic acids is 2. The van der Waals surface area contributed by atoms with Gasteiger partial charge in [-0.3, -0.25) is 9.69 Å². The number of hydrogen-bond donors (Lipinski definition) is 3. The molecule has 1 aromatic carbocycles. The first-order chi connectivity index (χ1) is 18.3. The SMILES string of the molecule is Cc1ccc(C(CB(O)O)NC(=O)OC[C@H]2CCCCN2C(=O)C(C#N)=CC(C)(C)N2CCC(F)(F)C2)cc1. The number of ether oxygens (including phenoxy) is 1. The summed E-state index contributed by atoms with van der Waals surface area (Å²) in [6.45, 7) is 5.31. The third-order valence-electron chi connectivity index (χ3n) is 7.35. The quantitative estimate of drug-likeness (QED) is 0.247. The van der Waals surface area contributed by atoms with Gasteiger partial charge in [0.2, 0.25) is 0 Å². The number of carbonyl (C=O) groups is 2. The van der Waals surface area contributed by atoms with Gasteiger partial charge in [0.25, 0.3) is 11.8 Å². The van der Waals surface area contributed by atoms with Crippen LogP contribution in [0.25, 0.3) is 0 Å². The Hall–Kier alpha value is -3.01. The molecule has 12 heteroatoms. The number of benzene rings is 1. The number of piperidine rings is 1. The Morgan fingerprint density at radius 3 is 2.56 bits per heavy atom. The molecule has 0 aliphatic carbocycles. The predicted octanol–water partition coefficient (Wildman–Crippen LogP) is 3.19. The first kappa shape index (κ1) is 30.5. The molecule has 2 heterocycles. The lowest BCUT2D eigenvalue weighted by atomic mass is 9.79. The number of aryl methyl sites for hydroxylation is 1. The monoisotopic (exact) mass is 546 g/mol. The van der Waals surface area contributed by atoms with Gasteiger partial charge in [-0.05, 0) is 51.7 Å². The Bertz CT molecular complexity index is 1090. The van der Waals surface area contributed by atoms with E-state index in [0.29, 0.717) is 18.5 Å². The van der Waals surface area contributed by atoms with Gasteiger partial charge >= 0.3 is 13.2 Å². The summed E-state index contributed by atoms with van der Waals surface area (Å²) in [6, 6.07) is 8.04. The lowest BCUT2D eigenvalue weighted by Gasteiger charge is -2.36. The molecule has 0 radical (unpaired) electrons. The zero-order chi connectivity index (χ0) is 28.8. The smallest absolute Gasteiger partial charge is 0.447 e. The van der Waals surface area contributed by atoms with E-state index in [2.05, 4.69) is 5.32 Å². The number of alkyl halides is 2. The standard InChI is InChI=1S/C27H37BF2N4O5/c1-19-7-9-20(10-8-19)23(15-28(37)38)32-25(36)39-17-22-6-4-5-12-34(22)24(35)21(16-31)14-26(2,3)33-13-11-27(29,30)18-33/h7-10,14,22-23,37-38H,4-6,11-13,15,17-18H2,1-3H3,(H,32,36)/t22-,23?/m1/s1. The van der Waals surface area contributed by atoms with Crippen LogP contribution in [0.3, 0.4) is 0 Å². The van der Waals surface area contributed by atoms with Gasteiger partial charge in [0.15, 0.2) is 0 Å². The number of nitrogens with zero attached hydrogens (tertiary/aromatic N) is 3. The molecule has 39 heavy (non-hydrogen) atoms. The number of halogens is 2. The van der Waals surface area contributed by atoms with Crippen molar-refractivity contribution in [2.24, 2.45) is 0 Å². The molecule has 2 fully saturated rings. The van der Waals surface area contributed by atoms with Crippen molar-refractivity contribution < 1.29 is 33.2 Å². The maximum atomic E-state index is 13.8. The number of nitrogens with one attached hydrogen (secondary N) is 1. The van der Waals surface area contributed by atoms with E-state index in [0.717, 1.165) is 18.4 Å². The van der Waals surface area contributed by atoms with Gasteiger partial charge in [-0.25, -0.2) is 13.6 Å². The number of amides is 2. The molecule has 9 nitrogen and oxygen atoms in total. The Balaban J connectivity index is 1.66. The van der Waals surface area contributed by atoms with E-state index in [4.69, 9.17) is 4.74 Å². The first-order valence-corrected chi connectivity index (χ1v) is 13.2. The second-order valence-corrected chi connectivity index (χ2v) is 10.9. The highest BCUT2D eigenvalue weighted by Gasteiger charge is 2.43. The number of hydrogen-bond acceptors (Lipinski definition) is 7. The Kier molecular flexibility index (Phi) is 10.1. The van der Waals surface area contributed by atoms with Crippen LogP contribution in [0.15, 0.2) is 35.9 Å². The van der Waals surface area contributed by atoms with E-state index < -0.39 is 49.2 Å². The molecular formula is C27H37BF2N4O5. The Morgan fingerprint density at radius 2 is 1.97 bits per heavy atom. The van der Waals surface area contributed by atoms with Gasteiger partial charge in [-0.1, -0.05) is 29.8 Å². The number of likely N-dealkylation sites (tertiary alicyclic amines) is 2. The van der Waals surface area contributed by atoms with E-state index in [1.54, 1.807) is 30.9 Å². The highest BCUT2D eigenvalue weighted by atomic mass is 19.3. The molecule has 2 aliphatic rings. The molecule has 1 aromatic rings. The Labute approximate surface area is 228 Å². The highest BCUT2D eigenvalue weighted by Crippen LogP contribution is 2.33. The molecule has 0 aromatic heterocycles. The second kappa shape index (κ2) is 12.9. The molecule has 0 spiro atoms. The van der Waals surface area contributed by atoms with Crippen LogP contribution in [0, 0.1) is 18.3 Å². The minimum absolute atomic E-state index is 0.111. The van der Waals surface area contributed by atoms with Crippen LogP contribution in [-0.2, 0) is 9.53 Å². The normalized spacial score (nSPS) is 20.7. The lowest BCUT2D eigenvalue weighted by Crippen LogP contribution is -2.48. The molecule has 2 amide bonds. The molecule has 2 aliphatic heterocycles. The fourth-order valence-corrected chi connectivity index (χ4v) is 5.05. The summed E-state index contributed by atoms with van der Waals surface area (Å²) < 4.78 is 33.0. The number of alkyl carbamates (subject to hydrolysis) is 1. The van der Waals surface area contributed by atoms with Crippen LogP contribution >= 0.6 is 0 Å². The topological polar surface area (TPSA) is 126 Å². The lowest BCUT2D eigenvalue weighted by molar-refractivity contribution is -0.131. The van der Waals surface area contributed by atoms with Crippen molar-refractivity contribution in [1.82, 2.24) is 15.1 Å². The van der Waals surface area contributed by atoms with Gasteiger partial charge in [0.1, 0.15) is 18.2 Å². The highest BCUT2D eigenvalue weighted by molar-refractivity contribution is 6.41. The summed E-state index contributed by atoms with van der Waals surface area (Å²) in [7, 11) is -1.64. The summed E-state index contributed by atoms with van der Waals surface area (Å²) in [5.74, 6) is -3.32. The van der Waals surface area contributed by atoms with Crippen LogP contribution in [0.4, 0.5) is 13.6 Å². The average Bonchev–Trinajstić information content (AvgIpc) is 3.26. The first-order valence-electron chi connectivity index (χ1n) is 13.2. The minimum atomic E-state index is -2.80. The third kappa shape index (κ3) is 8.49. The molecule has 3 N–H and O–H groups in total. The Morgan fingerprint density at radius 1 is 1.28 bits per heavy atom. The largest absolute Gasteiger partial charge is 0.453 e. The molecule has 0 bridgehead atoms. The van der Waals surface area contributed by atoms with Crippen LogP contribution in [0.2, 0.25) is 6.32 Å². The summed E-state index contributed by atoms with van der Waals surface area (Å²) in [6.07, 6.45) is 2.36. The molecular weight excluding hydrogens is 509 g/mol. The van der Waals surface area contributed by atoms with Crippen molar-refractivity contribution in [1.29, 1.82) is 5.26 Å². The van der Waals surface area contributed by atoms with Crippen molar-refractivity contribution >= 4 is 19.1 Å². The maximum absolute atomic E-state index is 13.8. The molecule has 2 saturated heterocycles. The summed E-state index contributed by atoms with van der Waals surface area (Å²) in [5.41, 5.74) is 0.634. The summed E-state index contributed by atoms with van der Waals surface area (Å²) >= 11 is 0. The molecule has 1 unspecified atom stereocenters. The van der Waals surface area contributed by atoms with Gasteiger partial charge in [0.05, 0.1) is 18.6 Å². The summed E-state index contributed by atoms with van der Waals surface area (Å²) in [5, 5.41) is 31.4. The zero-order valence-corrected chi connectivity index (χ0v) is 22.7. The molecule has 2 atom stereocenters. The fourth-order valence-electron chi connectivity index (χ4n) is 5.05. The van der Waals surface area contributed by atoms with Crippen LogP contribution in [0.1, 0.15) is 56.7 Å². The van der Waals surface area contributed by atoms with Gasteiger partial charge in [-0.2, -0.15) is 5.26 Å². The van der Waals surface area contributed by atoms with Crippen LogP contribution < -0.4 is 5.32 Å². The predicted molar refractivity (Wildman–Crippen MR) is 142 cm³/mol. The fraction of sp³-hybridized carbons (Fsp3) is 0.593. The minimum Gasteiger partial charge on any atom is -0.447 e. The second-order valence-electron chi connectivity index (χ2n) is 10.9.